The third-order valence-corrected chi connectivity index (χ3v) is 3.94. The van der Waals surface area contributed by atoms with Crippen LogP contribution in [0.25, 0.3) is 0 Å². The number of hydrogen-bond donors (Lipinski definition) is 2. The summed E-state index contributed by atoms with van der Waals surface area (Å²) < 4.78 is 6.81. The zero-order valence-corrected chi connectivity index (χ0v) is 15.8. The lowest BCUT2D eigenvalue weighted by Crippen LogP contribution is -2.55. The first-order valence-electron chi connectivity index (χ1n) is 8.32. The zero-order valence-electron chi connectivity index (χ0n) is 15.8. The number of rotatable bonds is 6. The first kappa shape index (κ1) is 20.0. The van der Waals surface area contributed by atoms with E-state index in [0.29, 0.717) is 25.1 Å². The van der Waals surface area contributed by atoms with Gasteiger partial charge in [-0.2, -0.15) is 5.10 Å². The van der Waals surface area contributed by atoms with Gasteiger partial charge in [0.05, 0.1) is 11.2 Å². The maximum absolute atomic E-state index is 12.6. The SMILES string of the molecule is CCC(CC)(CNC(=O)OC(C)(C)C)NC(=O)c1cc(C)nn1C. The molecule has 0 fully saturated rings. The lowest BCUT2D eigenvalue weighted by molar-refractivity contribution is 0.0501. The number of ether oxygens (including phenoxy) is 1. The Hall–Kier alpha value is -2.05. The maximum atomic E-state index is 12.6. The van der Waals surface area contributed by atoms with Crippen LogP contribution >= 0.6 is 0 Å². The van der Waals surface area contributed by atoms with Gasteiger partial charge in [0.15, 0.2) is 0 Å². The van der Waals surface area contributed by atoms with E-state index in [-0.39, 0.29) is 5.91 Å². The molecule has 2 amide bonds. The van der Waals surface area contributed by atoms with Crippen LogP contribution in [0.4, 0.5) is 4.79 Å². The Bertz CT molecular complexity index is 583. The van der Waals surface area contributed by atoms with E-state index in [1.165, 1.54) is 0 Å². The number of alkyl carbamates (subject to hydrolysis) is 1. The van der Waals surface area contributed by atoms with E-state index in [1.807, 2.05) is 41.5 Å². The molecule has 0 aliphatic rings. The molecule has 1 rings (SSSR count). The molecular weight excluding hydrogens is 308 g/mol. The number of aromatic nitrogens is 2. The van der Waals surface area contributed by atoms with Crippen LogP contribution < -0.4 is 10.6 Å². The Morgan fingerprint density at radius 3 is 2.25 bits per heavy atom. The minimum atomic E-state index is -0.555. The predicted octanol–water partition coefficient (Wildman–Crippen LogP) is 2.54. The van der Waals surface area contributed by atoms with Crippen molar-refractivity contribution in [3.63, 3.8) is 0 Å². The van der Waals surface area contributed by atoms with Gasteiger partial charge in [0.2, 0.25) is 0 Å². The molecule has 0 bridgehead atoms. The standard InChI is InChI=1S/C17H30N4O3/c1-8-17(9-2,11-18-15(23)24-16(4,5)6)19-14(22)13-10-12(3)20-21(13)7/h10H,8-9,11H2,1-7H3,(H,18,23)(H,19,22). The molecule has 0 aliphatic carbocycles. The van der Waals surface area contributed by atoms with E-state index in [1.54, 1.807) is 17.8 Å². The summed E-state index contributed by atoms with van der Waals surface area (Å²) in [4.78, 5) is 24.5. The molecule has 0 unspecified atom stereocenters. The Morgan fingerprint density at radius 2 is 1.83 bits per heavy atom. The van der Waals surface area contributed by atoms with Gasteiger partial charge in [0.1, 0.15) is 11.3 Å². The van der Waals surface area contributed by atoms with Gasteiger partial charge in [0.25, 0.3) is 5.91 Å². The minimum Gasteiger partial charge on any atom is -0.444 e. The molecule has 24 heavy (non-hydrogen) atoms. The highest BCUT2D eigenvalue weighted by Gasteiger charge is 2.31. The molecule has 1 aromatic heterocycles. The van der Waals surface area contributed by atoms with Crippen molar-refractivity contribution in [3.05, 3.63) is 17.5 Å². The van der Waals surface area contributed by atoms with Gasteiger partial charge in [-0.05, 0) is 46.6 Å². The van der Waals surface area contributed by atoms with E-state index >= 15 is 0 Å². The van der Waals surface area contributed by atoms with Crippen molar-refractivity contribution in [1.82, 2.24) is 20.4 Å². The number of hydrogen-bond acceptors (Lipinski definition) is 4. The van der Waals surface area contributed by atoms with Crippen LogP contribution in [0.3, 0.4) is 0 Å². The van der Waals surface area contributed by atoms with Crippen molar-refractivity contribution in [3.8, 4) is 0 Å². The highest BCUT2D eigenvalue weighted by Crippen LogP contribution is 2.16. The Labute approximate surface area is 144 Å². The van der Waals surface area contributed by atoms with Crippen molar-refractivity contribution in [2.75, 3.05) is 6.54 Å². The van der Waals surface area contributed by atoms with Gasteiger partial charge < -0.3 is 15.4 Å². The van der Waals surface area contributed by atoms with Crippen LogP contribution in [-0.2, 0) is 11.8 Å². The van der Waals surface area contributed by atoms with Gasteiger partial charge in [-0.1, -0.05) is 13.8 Å². The first-order valence-corrected chi connectivity index (χ1v) is 8.32. The summed E-state index contributed by atoms with van der Waals surface area (Å²) in [6.45, 7) is 11.5. The van der Waals surface area contributed by atoms with Gasteiger partial charge >= 0.3 is 6.09 Å². The third-order valence-electron chi connectivity index (χ3n) is 3.94. The molecule has 0 saturated heterocycles. The smallest absolute Gasteiger partial charge is 0.407 e. The van der Waals surface area contributed by atoms with Crippen LogP contribution in [0, 0.1) is 6.92 Å². The lowest BCUT2D eigenvalue weighted by atomic mass is 9.92. The summed E-state index contributed by atoms with van der Waals surface area (Å²) in [5.41, 5.74) is 0.191. The number of carbonyl (C=O) groups is 2. The topological polar surface area (TPSA) is 85.2 Å². The molecule has 7 heteroatoms. The van der Waals surface area contributed by atoms with Gasteiger partial charge in [0, 0.05) is 13.6 Å². The summed E-state index contributed by atoms with van der Waals surface area (Å²) in [6.07, 6.45) is 0.878. The predicted molar refractivity (Wildman–Crippen MR) is 93.0 cm³/mol. The number of carbonyl (C=O) groups excluding carboxylic acids is 2. The van der Waals surface area contributed by atoms with Crippen LogP contribution in [-0.4, -0.2) is 39.5 Å². The second-order valence-electron chi connectivity index (χ2n) is 7.09. The summed E-state index contributed by atoms with van der Waals surface area (Å²) >= 11 is 0. The lowest BCUT2D eigenvalue weighted by Gasteiger charge is -2.33. The number of aryl methyl sites for hydroxylation is 2. The maximum Gasteiger partial charge on any atom is 0.407 e. The number of nitrogens with zero attached hydrogens (tertiary/aromatic N) is 2. The molecule has 7 nitrogen and oxygen atoms in total. The number of amides is 2. The van der Waals surface area contributed by atoms with E-state index in [0.717, 1.165) is 5.69 Å². The molecule has 0 aromatic carbocycles. The average Bonchev–Trinajstić information content (AvgIpc) is 2.80. The van der Waals surface area contributed by atoms with Crippen LogP contribution in [0.2, 0.25) is 0 Å². The molecule has 0 saturated carbocycles. The van der Waals surface area contributed by atoms with Crippen molar-refractivity contribution >= 4 is 12.0 Å². The molecule has 1 heterocycles. The fourth-order valence-electron chi connectivity index (χ4n) is 2.40. The summed E-state index contributed by atoms with van der Waals surface area (Å²) in [7, 11) is 1.74. The second-order valence-corrected chi connectivity index (χ2v) is 7.09. The van der Waals surface area contributed by atoms with E-state index in [9.17, 15) is 9.59 Å². The van der Waals surface area contributed by atoms with Gasteiger partial charge in [-0.15, -0.1) is 0 Å². The van der Waals surface area contributed by atoms with Crippen molar-refractivity contribution in [2.45, 2.75) is 65.5 Å². The van der Waals surface area contributed by atoms with Gasteiger partial charge in [-0.25, -0.2) is 4.79 Å². The highest BCUT2D eigenvalue weighted by atomic mass is 16.6. The zero-order chi connectivity index (χ0) is 18.5. The molecule has 0 aliphatic heterocycles. The minimum absolute atomic E-state index is 0.201. The second kappa shape index (κ2) is 7.68. The summed E-state index contributed by atoms with van der Waals surface area (Å²) in [5, 5.41) is 10.0. The molecule has 2 N–H and O–H groups in total. The Kier molecular flexibility index (Phi) is 6.40. The largest absolute Gasteiger partial charge is 0.444 e. The third kappa shape index (κ3) is 5.54. The van der Waals surface area contributed by atoms with Crippen LogP contribution in [0.5, 0.6) is 0 Å². The summed E-state index contributed by atoms with van der Waals surface area (Å²) in [5.74, 6) is -0.201. The van der Waals surface area contributed by atoms with E-state index in [2.05, 4.69) is 15.7 Å². The van der Waals surface area contributed by atoms with Crippen LogP contribution in [0.1, 0.15) is 63.6 Å². The van der Waals surface area contributed by atoms with E-state index < -0.39 is 17.2 Å². The molecule has 1 aromatic rings. The normalized spacial score (nSPS) is 12.0. The van der Waals surface area contributed by atoms with Crippen molar-refractivity contribution in [2.24, 2.45) is 7.05 Å². The molecule has 0 spiro atoms. The Balaban J connectivity index is 2.79. The van der Waals surface area contributed by atoms with Crippen LogP contribution in [0.15, 0.2) is 6.07 Å². The van der Waals surface area contributed by atoms with Crippen molar-refractivity contribution < 1.29 is 14.3 Å². The molecule has 0 atom stereocenters. The van der Waals surface area contributed by atoms with Crippen molar-refractivity contribution in [1.29, 1.82) is 0 Å². The molecular formula is C17H30N4O3. The monoisotopic (exact) mass is 338 g/mol. The summed E-state index contributed by atoms with van der Waals surface area (Å²) in [6, 6.07) is 1.74. The first-order chi connectivity index (χ1) is 11.0. The fourth-order valence-corrected chi connectivity index (χ4v) is 2.40. The molecule has 0 radical (unpaired) electrons. The Morgan fingerprint density at radius 1 is 1.25 bits per heavy atom. The number of nitrogens with one attached hydrogen (secondary N) is 2. The quantitative estimate of drug-likeness (QED) is 0.835. The molecule has 136 valence electrons. The fraction of sp³-hybridized carbons (Fsp3) is 0.706. The average molecular weight is 338 g/mol. The van der Waals surface area contributed by atoms with E-state index in [4.69, 9.17) is 4.74 Å². The van der Waals surface area contributed by atoms with Gasteiger partial charge in [-0.3, -0.25) is 9.48 Å². The highest BCUT2D eigenvalue weighted by molar-refractivity contribution is 5.93.